The molecular formula is C17H21N3O3. The van der Waals surface area contributed by atoms with Gasteiger partial charge in [-0.3, -0.25) is 14.3 Å². The normalized spacial score (nSPS) is 10.4. The van der Waals surface area contributed by atoms with Gasteiger partial charge in [0.25, 0.3) is 5.91 Å². The van der Waals surface area contributed by atoms with Gasteiger partial charge < -0.3 is 9.64 Å². The summed E-state index contributed by atoms with van der Waals surface area (Å²) in [5, 5.41) is 4.28. The molecule has 1 aromatic carbocycles. The second kappa shape index (κ2) is 7.58. The molecule has 6 heteroatoms. The summed E-state index contributed by atoms with van der Waals surface area (Å²) < 4.78 is 6.80. The fourth-order valence-corrected chi connectivity index (χ4v) is 2.21. The largest absolute Gasteiger partial charge is 0.455 e. The van der Waals surface area contributed by atoms with Gasteiger partial charge in [-0.15, -0.1) is 0 Å². The van der Waals surface area contributed by atoms with Gasteiger partial charge in [-0.2, -0.15) is 5.10 Å². The number of anilines is 1. The average Bonchev–Trinajstić information content (AvgIpc) is 2.88. The summed E-state index contributed by atoms with van der Waals surface area (Å²) in [4.78, 5) is 25.2. The van der Waals surface area contributed by atoms with Crippen LogP contribution in [0.1, 0.15) is 17.8 Å². The predicted molar refractivity (Wildman–Crippen MR) is 87.1 cm³/mol. The zero-order chi connectivity index (χ0) is 16.8. The number of nitrogens with zero attached hydrogens (tertiary/aromatic N) is 3. The molecule has 0 saturated carbocycles. The van der Waals surface area contributed by atoms with Crippen LogP contribution < -0.4 is 4.90 Å². The predicted octanol–water partition coefficient (Wildman–Crippen LogP) is 2.10. The molecule has 0 aliphatic carbocycles. The molecule has 1 aromatic heterocycles. The van der Waals surface area contributed by atoms with Crippen molar-refractivity contribution in [3.8, 4) is 0 Å². The standard InChI is InChI=1S/C17H21N3O3/c1-13-11-14(2)20(18-13)10-9-17(22)23-12-16(21)19(3)15-7-5-4-6-8-15/h4-8,11H,9-10,12H2,1-3H3. The SMILES string of the molecule is Cc1cc(C)n(CCC(=O)OCC(=O)N(C)c2ccccc2)n1. The van der Waals surface area contributed by atoms with Crippen molar-refractivity contribution in [2.75, 3.05) is 18.6 Å². The molecule has 0 N–H and O–H groups in total. The van der Waals surface area contributed by atoms with E-state index in [1.54, 1.807) is 11.7 Å². The third-order valence-corrected chi connectivity index (χ3v) is 3.51. The van der Waals surface area contributed by atoms with Crippen LogP contribution in [0.2, 0.25) is 0 Å². The molecule has 2 rings (SSSR count). The van der Waals surface area contributed by atoms with E-state index in [1.165, 1.54) is 4.90 Å². The van der Waals surface area contributed by atoms with E-state index >= 15 is 0 Å². The van der Waals surface area contributed by atoms with Crippen molar-refractivity contribution in [1.29, 1.82) is 0 Å². The maximum Gasteiger partial charge on any atom is 0.308 e. The highest BCUT2D eigenvalue weighted by molar-refractivity contribution is 5.94. The van der Waals surface area contributed by atoms with Gasteiger partial charge in [0.05, 0.1) is 18.7 Å². The fraction of sp³-hybridized carbons (Fsp3) is 0.353. The number of hydrogen-bond acceptors (Lipinski definition) is 4. The van der Waals surface area contributed by atoms with E-state index in [-0.39, 0.29) is 18.9 Å². The lowest BCUT2D eigenvalue weighted by Gasteiger charge is -2.17. The van der Waals surface area contributed by atoms with Crippen molar-refractivity contribution in [3.05, 3.63) is 47.8 Å². The molecule has 2 aromatic rings. The summed E-state index contributed by atoms with van der Waals surface area (Å²) >= 11 is 0. The molecule has 0 aliphatic heterocycles. The van der Waals surface area contributed by atoms with Crippen molar-refractivity contribution in [2.45, 2.75) is 26.8 Å². The first-order valence-corrected chi connectivity index (χ1v) is 7.45. The number of carbonyl (C=O) groups excluding carboxylic acids is 2. The van der Waals surface area contributed by atoms with Crippen LogP contribution in [0, 0.1) is 13.8 Å². The number of aromatic nitrogens is 2. The van der Waals surface area contributed by atoms with Crippen LogP contribution in [-0.2, 0) is 20.9 Å². The van der Waals surface area contributed by atoms with Gasteiger partial charge in [-0.05, 0) is 32.0 Å². The van der Waals surface area contributed by atoms with Gasteiger partial charge >= 0.3 is 5.97 Å². The van der Waals surface area contributed by atoms with Crippen LogP contribution in [0.3, 0.4) is 0 Å². The molecular weight excluding hydrogens is 294 g/mol. The second-order valence-electron chi connectivity index (χ2n) is 5.35. The maximum absolute atomic E-state index is 12.0. The summed E-state index contributed by atoms with van der Waals surface area (Å²) in [5.74, 6) is -0.678. The Bertz CT molecular complexity index is 680. The van der Waals surface area contributed by atoms with Crippen LogP contribution in [0.5, 0.6) is 0 Å². The number of benzene rings is 1. The lowest BCUT2D eigenvalue weighted by atomic mass is 10.3. The molecule has 0 aliphatic rings. The Labute approximate surface area is 135 Å². The highest BCUT2D eigenvalue weighted by Crippen LogP contribution is 2.11. The molecule has 0 spiro atoms. The molecule has 1 amide bonds. The molecule has 0 atom stereocenters. The first-order chi connectivity index (χ1) is 11.0. The number of hydrogen-bond donors (Lipinski definition) is 0. The summed E-state index contributed by atoms with van der Waals surface area (Å²) in [5.41, 5.74) is 2.67. The van der Waals surface area contributed by atoms with Gasteiger partial charge in [0, 0.05) is 18.4 Å². The third kappa shape index (κ3) is 4.67. The number of ether oxygens (including phenoxy) is 1. The Hall–Kier alpha value is -2.63. The van der Waals surface area contributed by atoms with Gasteiger partial charge in [0.1, 0.15) is 0 Å². The number of para-hydroxylation sites is 1. The third-order valence-electron chi connectivity index (χ3n) is 3.51. The van der Waals surface area contributed by atoms with E-state index in [1.807, 2.05) is 50.2 Å². The van der Waals surface area contributed by atoms with Gasteiger partial charge in [-0.25, -0.2) is 0 Å². The van der Waals surface area contributed by atoms with Gasteiger partial charge in [-0.1, -0.05) is 18.2 Å². The highest BCUT2D eigenvalue weighted by atomic mass is 16.5. The maximum atomic E-state index is 12.0. The molecule has 1 heterocycles. The number of carbonyl (C=O) groups is 2. The van der Waals surface area contributed by atoms with Crippen molar-refractivity contribution >= 4 is 17.6 Å². The van der Waals surface area contributed by atoms with Crippen LogP contribution in [-0.4, -0.2) is 35.3 Å². The summed E-state index contributed by atoms with van der Waals surface area (Å²) in [6, 6.07) is 11.2. The molecule has 122 valence electrons. The molecule has 0 radical (unpaired) electrons. The molecule has 0 fully saturated rings. The fourth-order valence-electron chi connectivity index (χ4n) is 2.21. The Morgan fingerprint density at radius 2 is 1.91 bits per heavy atom. The number of aryl methyl sites for hydroxylation is 3. The minimum Gasteiger partial charge on any atom is -0.455 e. The van der Waals surface area contributed by atoms with Gasteiger partial charge in [0.2, 0.25) is 0 Å². The Morgan fingerprint density at radius 1 is 1.22 bits per heavy atom. The summed E-state index contributed by atoms with van der Waals surface area (Å²) in [6.07, 6.45) is 0.185. The number of likely N-dealkylation sites (N-methyl/N-ethyl adjacent to an activating group) is 1. The Morgan fingerprint density at radius 3 is 2.52 bits per heavy atom. The smallest absolute Gasteiger partial charge is 0.308 e. The van der Waals surface area contributed by atoms with E-state index in [2.05, 4.69) is 5.10 Å². The van der Waals surface area contributed by atoms with Crippen molar-refractivity contribution in [1.82, 2.24) is 9.78 Å². The van der Waals surface area contributed by atoms with E-state index < -0.39 is 5.97 Å². The van der Waals surface area contributed by atoms with E-state index in [9.17, 15) is 9.59 Å². The average molecular weight is 315 g/mol. The molecule has 23 heavy (non-hydrogen) atoms. The number of rotatable bonds is 6. The lowest BCUT2D eigenvalue weighted by molar-refractivity contribution is -0.148. The minimum absolute atomic E-state index is 0.185. The Kier molecular flexibility index (Phi) is 5.51. The first-order valence-electron chi connectivity index (χ1n) is 7.45. The van der Waals surface area contributed by atoms with Crippen LogP contribution in [0.4, 0.5) is 5.69 Å². The van der Waals surface area contributed by atoms with Gasteiger partial charge in [0.15, 0.2) is 6.61 Å². The zero-order valence-corrected chi connectivity index (χ0v) is 13.7. The topological polar surface area (TPSA) is 64.4 Å². The molecule has 0 unspecified atom stereocenters. The van der Waals surface area contributed by atoms with E-state index in [4.69, 9.17) is 4.74 Å². The molecule has 0 saturated heterocycles. The van der Waals surface area contributed by atoms with Crippen molar-refractivity contribution < 1.29 is 14.3 Å². The minimum atomic E-state index is -0.410. The molecule has 6 nitrogen and oxygen atoms in total. The summed E-state index contributed by atoms with van der Waals surface area (Å²) in [6.45, 7) is 4.02. The lowest BCUT2D eigenvalue weighted by Crippen LogP contribution is -2.31. The van der Waals surface area contributed by atoms with E-state index in [0.717, 1.165) is 17.1 Å². The highest BCUT2D eigenvalue weighted by Gasteiger charge is 2.13. The second-order valence-corrected chi connectivity index (χ2v) is 5.35. The quantitative estimate of drug-likeness (QED) is 0.766. The molecule has 0 bridgehead atoms. The van der Waals surface area contributed by atoms with Crippen LogP contribution >= 0.6 is 0 Å². The van der Waals surface area contributed by atoms with Crippen LogP contribution in [0.15, 0.2) is 36.4 Å². The zero-order valence-electron chi connectivity index (χ0n) is 13.7. The van der Waals surface area contributed by atoms with Crippen molar-refractivity contribution in [3.63, 3.8) is 0 Å². The number of esters is 1. The summed E-state index contributed by atoms with van der Waals surface area (Å²) in [7, 11) is 1.65. The number of amides is 1. The first kappa shape index (κ1) is 16.7. The van der Waals surface area contributed by atoms with Crippen LogP contribution in [0.25, 0.3) is 0 Å². The monoisotopic (exact) mass is 315 g/mol. The Balaban J connectivity index is 1.78. The van der Waals surface area contributed by atoms with Crippen molar-refractivity contribution in [2.24, 2.45) is 0 Å². The van der Waals surface area contributed by atoms with E-state index in [0.29, 0.717) is 6.54 Å².